The monoisotopic (exact) mass is 305 g/mol. The number of hydrogen-bond acceptors (Lipinski definition) is 3. The van der Waals surface area contributed by atoms with E-state index in [9.17, 15) is 9.90 Å². The number of benzene rings is 2. The predicted octanol–water partition coefficient (Wildman–Crippen LogP) is 3.92. The zero-order chi connectivity index (χ0) is 15.8. The van der Waals surface area contributed by atoms with Gasteiger partial charge in [-0.25, -0.2) is 4.98 Å². The predicted molar refractivity (Wildman–Crippen MR) is 85.0 cm³/mol. The van der Waals surface area contributed by atoms with Crippen molar-refractivity contribution < 1.29 is 14.3 Å². The van der Waals surface area contributed by atoms with Crippen molar-refractivity contribution in [2.75, 3.05) is 0 Å². The first kappa shape index (κ1) is 13.8. The van der Waals surface area contributed by atoms with Crippen molar-refractivity contribution in [2.45, 2.75) is 11.8 Å². The second-order valence-electron chi connectivity index (χ2n) is 5.81. The summed E-state index contributed by atoms with van der Waals surface area (Å²) in [5.41, 5.74) is 3.08. The molecule has 1 aromatic heterocycles. The molecule has 1 fully saturated rings. The molecule has 0 spiro atoms. The van der Waals surface area contributed by atoms with Crippen molar-refractivity contribution in [1.29, 1.82) is 0 Å². The summed E-state index contributed by atoms with van der Waals surface area (Å²) in [5.74, 6) is -0.304. The Kier molecular flexibility index (Phi) is 3.23. The van der Waals surface area contributed by atoms with Crippen LogP contribution in [0.15, 0.2) is 71.6 Å². The van der Waals surface area contributed by atoms with Crippen molar-refractivity contribution in [3.05, 3.63) is 78.3 Å². The standard InChI is InChI=1S/C19H15NO3/c21-19(22)18-16(13-4-2-1-3-5-13)17(18)14-8-6-12(7-9-14)15-10-20-11-23-15/h1-11,16-18H,(H,21,22). The highest BCUT2D eigenvalue weighted by atomic mass is 16.4. The van der Waals surface area contributed by atoms with Gasteiger partial charge in [0.15, 0.2) is 12.2 Å². The van der Waals surface area contributed by atoms with Gasteiger partial charge in [-0.2, -0.15) is 0 Å². The number of carboxylic acid groups (broad SMARTS) is 1. The Morgan fingerprint density at radius 3 is 2.17 bits per heavy atom. The number of nitrogens with zero attached hydrogens (tertiary/aromatic N) is 1. The van der Waals surface area contributed by atoms with Gasteiger partial charge in [-0.05, 0) is 11.1 Å². The molecule has 0 amide bonds. The van der Waals surface area contributed by atoms with Crippen LogP contribution in [0.3, 0.4) is 0 Å². The number of rotatable bonds is 4. The molecule has 1 heterocycles. The third-order valence-electron chi connectivity index (χ3n) is 4.50. The lowest BCUT2D eigenvalue weighted by molar-refractivity contribution is -0.138. The number of carbonyl (C=O) groups is 1. The van der Waals surface area contributed by atoms with E-state index in [4.69, 9.17) is 4.42 Å². The molecule has 1 N–H and O–H groups in total. The van der Waals surface area contributed by atoms with Crippen molar-refractivity contribution in [3.8, 4) is 11.3 Å². The van der Waals surface area contributed by atoms with Crippen LogP contribution in [0, 0.1) is 5.92 Å². The van der Waals surface area contributed by atoms with E-state index in [1.165, 1.54) is 6.39 Å². The van der Waals surface area contributed by atoms with Crippen LogP contribution in [0.2, 0.25) is 0 Å². The molecular formula is C19H15NO3. The SMILES string of the molecule is O=C(O)C1C(c2ccccc2)C1c1ccc(-c2cnco2)cc1. The van der Waals surface area contributed by atoms with Crippen LogP contribution in [0.5, 0.6) is 0 Å². The topological polar surface area (TPSA) is 63.3 Å². The molecule has 3 aromatic rings. The maximum absolute atomic E-state index is 11.6. The molecule has 4 rings (SSSR count). The first-order chi connectivity index (χ1) is 11.3. The van der Waals surface area contributed by atoms with E-state index in [1.807, 2.05) is 54.6 Å². The second-order valence-corrected chi connectivity index (χ2v) is 5.81. The van der Waals surface area contributed by atoms with E-state index in [1.54, 1.807) is 6.20 Å². The zero-order valence-corrected chi connectivity index (χ0v) is 12.3. The first-order valence-electron chi connectivity index (χ1n) is 7.52. The van der Waals surface area contributed by atoms with Crippen molar-refractivity contribution in [3.63, 3.8) is 0 Å². The van der Waals surface area contributed by atoms with Gasteiger partial charge >= 0.3 is 5.97 Å². The lowest BCUT2D eigenvalue weighted by atomic mass is 10.0. The molecule has 3 atom stereocenters. The smallest absolute Gasteiger partial charge is 0.307 e. The fraction of sp³-hybridized carbons (Fsp3) is 0.158. The van der Waals surface area contributed by atoms with E-state index >= 15 is 0 Å². The maximum Gasteiger partial charge on any atom is 0.307 e. The van der Waals surface area contributed by atoms with Crippen LogP contribution in [0.4, 0.5) is 0 Å². The van der Waals surface area contributed by atoms with E-state index in [2.05, 4.69) is 4.98 Å². The van der Waals surface area contributed by atoms with Gasteiger partial charge in [-0.1, -0.05) is 54.6 Å². The number of aliphatic carboxylic acids is 1. The number of oxazole rings is 1. The van der Waals surface area contributed by atoms with E-state index < -0.39 is 5.97 Å². The van der Waals surface area contributed by atoms with Gasteiger partial charge in [0.1, 0.15) is 0 Å². The van der Waals surface area contributed by atoms with E-state index in [0.29, 0.717) is 5.76 Å². The van der Waals surface area contributed by atoms with Gasteiger partial charge in [0, 0.05) is 17.4 Å². The molecule has 114 valence electrons. The minimum absolute atomic E-state index is 0.0266. The Labute approximate surface area is 133 Å². The number of hydrogen-bond donors (Lipinski definition) is 1. The third kappa shape index (κ3) is 2.42. The van der Waals surface area contributed by atoms with Crippen molar-refractivity contribution in [2.24, 2.45) is 5.92 Å². The molecule has 0 saturated heterocycles. The Bertz CT molecular complexity index is 810. The molecule has 4 heteroatoms. The summed E-state index contributed by atoms with van der Waals surface area (Å²) in [7, 11) is 0. The normalized spacial score (nSPS) is 22.7. The van der Waals surface area contributed by atoms with Gasteiger partial charge in [0.05, 0.1) is 12.1 Å². The Morgan fingerprint density at radius 2 is 1.61 bits per heavy atom. The van der Waals surface area contributed by atoms with Crippen LogP contribution >= 0.6 is 0 Å². The average molecular weight is 305 g/mol. The average Bonchev–Trinajstić information content (AvgIpc) is 3.11. The van der Waals surface area contributed by atoms with Crippen LogP contribution in [0.25, 0.3) is 11.3 Å². The first-order valence-corrected chi connectivity index (χ1v) is 7.52. The Balaban J connectivity index is 1.63. The van der Waals surface area contributed by atoms with Gasteiger partial charge in [0.2, 0.25) is 0 Å². The minimum atomic E-state index is -0.733. The Hall–Kier alpha value is -2.88. The van der Waals surface area contributed by atoms with Crippen LogP contribution in [0.1, 0.15) is 23.0 Å². The molecule has 23 heavy (non-hydrogen) atoms. The minimum Gasteiger partial charge on any atom is -0.481 e. The summed E-state index contributed by atoms with van der Waals surface area (Å²) >= 11 is 0. The third-order valence-corrected chi connectivity index (χ3v) is 4.50. The molecule has 1 saturated carbocycles. The van der Waals surface area contributed by atoms with Crippen molar-refractivity contribution in [1.82, 2.24) is 4.98 Å². The van der Waals surface area contributed by atoms with Gasteiger partial charge in [0.25, 0.3) is 0 Å². The lowest BCUT2D eigenvalue weighted by Crippen LogP contribution is -2.00. The summed E-state index contributed by atoms with van der Waals surface area (Å²) < 4.78 is 5.28. The summed E-state index contributed by atoms with van der Waals surface area (Å²) in [5, 5.41) is 9.50. The summed E-state index contributed by atoms with van der Waals surface area (Å²) in [6, 6.07) is 17.7. The molecule has 1 aliphatic carbocycles. The number of carboxylic acids is 1. The quantitative estimate of drug-likeness (QED) is 0.793. The molecule has 2 aromatic carbocycles. The molecule has 4 nitrogen and oxygen atoms in total. The largest absolute Gasteiger partial charge is 0.481 e. The maximum atomic E-state index is 11.6. The van der Waals surface area contributed by atoms with E-state index in [-0.39, 0.29) is 17.8 Å². The van der Waals surface area contributed by atoms with Crippen LogP contribution in [-0.4, -0.2) is 16.1 Å². The lowest BCUT2D eigenvalue weighted by Gasteiger charge is -2.02. The highest BCUT2D eigenvalue weighted by molar-refractivity contribution is 5.78. The second kappa shape index (κ2) is 5.39. The molecule has 1 aliphatic rings. The molecule has 0 radical (unpaired) electrons. The summed E-state index contributed by atoms with van der Waals surface area (Å²) in [6.45, 7) is 0. The van der Waals surface area contributed by atoms with Gasteiger partial charge in [-0.3, -0.25) is 4.79 Å². The highest BCUT2D eigenvalue weighted by Crippen LogP contribution is 2.60. The Morgan fingerprint density at radius 1 is 0.957 bits per heavy atom. The summed E-state index contributed by atoms with van der Waals surface area (Å²) in [6.07, 6.45) is 3.06. The molecule has 3 unspecified atom stereocenters. The fourth-order valence-electron chi connectivity index (χ4n) is 3.35. The highest BCUT2D eigenvalue weighted by Gasteiger charge is 2.56. The molecule has 0 bridgehead atoms. The molecular weight excluding hydrogens is 290 g/mol. The van der Waals surface area contributed by atoms with Gasteiger partial charge < -0.3 is 9.52 Å². The fourth-order valence-corrected chi connectivity index (χ4v) is 3.35. The summed E-state index contributed by atoms with van der Waals surface area (Å²) in [4.78, 5) is 15.5. The van der Waals surface area contributed by atoms with Crippen molar-refractivity contribution >= 4 is 5.97 Å². The van der Waals surface area contributed by atoms with Gasteiger partial charge in [-0.15, -0.1) is 0 Å². The zero-order valence-electron chi connectivity index (χ0n) is 12.3. The van der Waals surface area contributed by atoms with Crippen LogP contribution in [-0.2, 0) is 4.79 Å². The van der Waals surface area contributed by atoms with Crippen LogP contribution < -0.4 is 0 Å². The number of aromatic nitrogens is 1. The van der Waals surface area contributed by atoms with E-state index in [0.717, 1.165) is 16.7 Å². The molecule has 0 aliphatic heterocycles.